The average Bonchev–Trinajstić information content (AvgIpc) is 3.22. The number of hydrogen-bond acceptors (Lipinski definition) is 6. The van der Waals surface area contributed by atoms with E-state index in [9.17, 15) is 13.2 Å². The quantitative estimate of drug-likeness (QED) is 0.647. The topological polar surface area (TPSA) is 99.5 Å². The van der Waals surface area contributed by atoms with E-state index in [2.05, 4.69) is 10.4 Å². The van der Waals surface area contributed by atoms with Crippen molar-refractivity contribution < 1.29 is 22.7 Å². The predicted octanol–water partition coefficient (Wildman–Crippen LogP) is 2.55. The lowest BCUT2D eigenvalue weighted by Crippen LogP contribution is -2.20. The molecule has 0 saturated carbocycles. The molecule has 2 heterocycles. The van der Waals surface area contributed by atoms with E-state index in [1.54, 1.807) is 44.0 Å². The zero-order chi connectivity index (χ0) is 21.9. The number of aryl methyl sites for hydroxylation is 1. The first-order valence-electron chi connectivity index (χ1n) is 9.36. The summed E-state index contributed by atoms with van der Waals surface area (Å²) >= 11 is 6.42. The summed E-state index contributed by atoms with van der Waals surface area (Å²) in [6.07, 6.45) is 3.46. The number of carbonyl (C=O) groups excluding carboxylic acids is 1. The zero-order valence-corrected chi connectivity index (χ0v) is 18.6. The maximum Gasteiger partial charge on any atom is 0.244 e. The summed E-state index contributed by atoms with van der Waals surface area (Å²) in [6.45, 7) is 2.09. The van der Waals surface area contributed by atoms with Crippen LogP contribution in [0.3, 0.4) is 0 Å². The third kappa shape index (κ3) is 4.96. The monoisotopic (exact) mass is 453 g/mol. The molecule has 1 aromatic carbocycles. The van der Waals surface area contributed by atoms with Crippen molar-refractivity contribution in [3.63, 3.8) is 0 Å². The zero-order valence-electron chi connectivity index (χ0n) is 17.0. The summed E-state index contributed by atoms with van der Waals surface area (Å²) in [5, 5.41) is 7.51. The number of nitrogens with one attached hydrogen (secondary N) is 1. The van der Waals surface area contributed by atoms with Crippen molar-refractivity contribution in [3.8, 4) is 11.5 Å². The summed E-state index contributed by atoms with van der Waals surface area (Å²) in [7, 11) is 0.0609. The molecule has 0 aliphatic carbocycles. The van der Waals surface area contributed by atoms with Crippen LogP contribution in [-0.4, -0.2) is 49.8 Å². The Hall–Kier alpha value is -2.52. The molecule has 162 valence electrons. The molecular weight excluding hydrogens is 430 g/mol. The van der Waals surface area contributed by atoms with Crippen LogP contribution < -0.4 is 14.8 Å². The molecule has 2 aromatic rings. The van der Waals surface area contributed by atoms with E-state index < -0.39 is 9.84 Å². The SMILES string of the molecule is COc1ccc(CNC(=O)C=Cc2c(C)nn(C3CCS(=O)(=O)C3)c2Cl)cc1OC. The summed E-state index contributed by atoms with van der Waals surface area (Å²) in [6, 6.07) is 5.13. The van der Waals surface area contributed by atoms with Gasteiger partial charge in [0.05, 0.1) is 37.5 Å². The Labute approximate surface area is 180 Å². The van der Waals surface area contributed by atoms with Gasteiger partial charge in [0.1, 0.15) is 5.15 Å². The van der Waals surface area contributed by atoms with Crippen LogP contribution in [0.25, 0.3) is 6.08 Å². The lowest BCUT2D eigenvalue weighted by molar-refractivity contribution is -0.116. The number of benzene rings is 1. The third-order valence-corrected chi connectivity index (χ3v) is 7.07. The highest BCUT2D eigenvalue weighted by molar-refractivity contribution is 7.91. The van der Waals surface area contributed by atoms with Gasteiger partial charge >= 0.3 is 0 Å². The Kier molecular flexibility index (Phi) is 6.72. The van der Waals surface area contributed by atoms with E-state index in [-0.39, 0.29) is 23.5 Å². The number of nitrogens with zero attached hydrogens (tertiary/aromatic N) is 2. The highest BCUT2D eigenvalue weighted by atomic mass is 35.5. The number of hydrogen-bond donors (Lipinski definition) is 1. The lowest BCUT2D eigenvalue weighted by atomic mass is 10.2. The first-order valence-corrected chi connectivity index (χ1v) is 11.6. The molecule has 3 rings (SSSR count). The van der Waals surface area contributed by atoms with Crippen LogP contribution in [0.4, 0.5) is 0 Å². The minimum absolute atomic E-state index is 0.0306. The van der Waals surface area contributed by atoms with Crippen molar-refractivity contribution in [1.82, 2.24) is 15.1 Å². The summed E-state index contributed by atoms with van der Waals surface area (Å²) in [4.78, 5) is 12.2. The van der Waals surface area contributed by atoms with E-state index in [0.717, 1.165) is 5.56 Å². The molecule has 1 aromatic heterocycles. The van der Waals surface area contributed by atoms with Crippen LogP contribution in [0.1, 0.15) is 29.3 Å². The Balaban J connectivity index is 1.65. The second-order valence-electron chi connectivity index (χ2n) is 7.03. The molecular formula is C20H24ClN3O5S. The lowest BCUT2D eigenvalue weighted by Gasteiger charge is -2.10. The number of methoxy groups -OCH3 is 2. The van der Waals surface area contributed by atoms with Crippen LogP contribution in [0.2, 0.25) is 5.15 Å². The standard InChI is InChI=1S/C20H24ClN3O5S/c1-13-16(20(21)24(23-13)15-8-9-30(26,27)12-15)5-7-19(25)22-11-14-4-6-17(28-2)18(10-14)29-3/h4-7,10,15H,8-9,11-12H2,1-3H3,(H,22,25). The number of sulfone groups is 1. The van der Waals surface area contributed by atoms with Crippen LogP contribution >= 0.6 is 11.6 Å². The Morgan fingerprint density at radius 1 is 1.33 bits per heavy atom. The van der Waals surface area contributed by atoms with Crippen molar-refractivity contribution >= 4 is 33.4 Å². The second-order valence-corrected chi connectivity index (χ2v) is 9.62. The van der Waals surface area contributed by atoms with Gasteiger partial charge in [0.2, 0.25) is 5.91 Å². The molecule has 1 aliphatic heterocycles. The molecule has 30 heavy (non-hydrogen) atoms. The van der Waals surface area contributed by atoms with Crippen molar-refractivity contribution in [2.45, 2.75) is 25.9 Å². The number of amides is 1. The van der Waals surface area contributed by atoms with E-state index >= 15 is 0 Å². The van der Waals surface area contributed by atoms with Crippen molar-refractivity contribution in [3.05, 3.63) is 46.2 Å². The fraction of sp³-hybridized carbons (Fsp3) is 0.400. The van der Waals surface area contributed by atoms with Gasteiger partial charge in [-0.15, -0.1) is 0 Å². The van der Waals surface area contributed by atoms with E-state index in [0.29, 0.717) is 40.9 Å². The van der Waals surface area contributed by atoms with Crippen LogP contribution in [0, 0.1) is 6.92 Å². The van der Waals surface area contributed by atoms with Gasteiger partial charge in [-0.2, -0.15) is 5.10 Å². The van der Waals surface area contributed by atoms with E-state index in [1.165, 1.54) is 6.08 Å². The van der Waals surface area contributed by atoms with Gasteiger partial charge in [0.15, 0.2) is 21.3 Å². The second kappa shape index (κ2) is 9.09. The highest BCUT2D eigenvalue weighted by Gasteiger charge is 2.31. The van der Waals surface area contributed by atoms with Crippen LogP contribution in [0.15, 0.2) is 24.3 Å². The molecule has 8 nitrogen and oxygen atoms in total. The molecule has 1 unspecified atom stereocenters. The highest BCUT2D eigenvalue weighted by Crippen LogP contribution is 2.30. The molecule has 1 fully saturated rings. The third-order valence-electron chi connectivity index (χ3n) is 4.94. The molecule has 1 saturated heterocycles. The normalized spacial score (nSPS) is 17.9. The predicted molar refractivity (Wildman–Crippen MR) is 115 cm³/mol. The van der Waals surface area contributed by atoms with Gasteiger partial charge in [0.25, 0.3) is 0 Å². The van der Waals surface area contributed by atoms with Crippen molar-refractivity contribution in [2.75, 3.05) is 25.7 Å². The summed E-state index contributed by atoms with van der Waals surface area (Å²) in [5.74, 6) is 1.07. The minimum atomic E-state index is -3.05. The Morgan fingerprint density at radius 3 is 2.70 bits per heavy atom. The summed E-state index contributed by atoms with van der Waals surface area (Å²) in [5.41, 5.74) is 2.09. The number of halogens is 1. The van der Waals surface area contributed by atoms with E-state index in [4.69, 9.17) is 21.1 Å². The average molecular weight is 454 g/mol. The Bertz CT molecular complexity index is 1080. The first kappa shape index (κ1) is 22.2. The maximum absolute atomic E-state index is 12.2. The van der Waals surface area contributed by atoms with Gasteiger partial charge in [0, 0.05) is 18.2 Å². The minimum Gasteiger partial charge on any atom is -0.493 e. The fourth-order valence-electron chi connectivity index (χ4n) is 3.33. The van der Waals surface area contributed by atoms with Gasteiger partial charge in [-0.3, -0.25) is 4.79 Å². The van der Waals surface area contributed by atoms with E-state index in [1.807, 2.05) is 6.07 Å². The van der Waals surface area contributed by atoms with Crippen molar-refractivity contribution in [2.24, 2.45) is 0 Å². The molecule has 0 radical (unpaired) electrons. The number of carbonyl (C=O) groups is 1. The number of ether oxygens (including phenoxy) is 2. The van der Waals surface area contributed by atoms with Gasteiger partial charge < -0.3 is 14.8 Å². The number of rotatable bonds is 7. The molecule has 0 spiro atoms. The molecule has 0 bridgehead atoms. The maximum atomic E-state index is 12.2. The largest absolute Gasteiger partial charge is 0.493 e. The molecule has 1 aliphatic rings. The van der Waals surface area contributed by atoms with Gasteiger partial charge in [-0.25, -0.2) is 13.1 Å². The molecule has 1 N–H and O–H groups in total. The molecule has 1 amide bonds. The smallest absolute Gasteiger partial charge is 0.244 e. The molecule has 10 heteroatoms. The van der Waals surface area contributed by atoms with Gasteiger partial charge in [-0.1, -0.05) is 17.7 Å². The molecule has 1 atom stereocenters. The Morgan fingerprint density at radius 2 is 2.07 bits per heavy atom. The van der Waals surface area contributed by atoms with Crippen LogP contribution in [-0.2, 0) is 21.2 Å². The summed E-state index contributed by atoms with van der Waals surface area (Å²) < 4.78 is 35.5. The fourth-order valence-corrected chi connectivity index (χ4v) is 5.40. The number of aromatic nitrogens is 2. The first-order chi connectivity index (χ1) is 14.2. The van der Waals surface area contributed by atoms with Crippen LogP contribution in [0.5, 0.6) is 11.5 Å². The van der Waals surface area contributed by atoms with Gasteiger partial charge in [-0.05, 0) is 37.1 Å². The van der Waals surface area contributed by atoms with Crippen molar-refractivity contribution in [1.29, 1.82) is 0 Å².